The van der Waals surface area contributed by atoms with Gasteiger partial charge in [0.2, 0.25) is 5.91 Å². The van der Waals surface area contributed by atoms with Gasteiger partial charge in [-0.1, -0.05) is 70.7 Å². The van der Waals surface area contributed by atoms with Crippen molar-refractivity contribution < 1.29 is 14.4 Å². The maximum absolute atomic E-state index is 11.7. The zero-order valence-electron chi connectivity index (χ0n) is 15.9. The molecule has 3 amide bonds. The summed E-state index contributed by atoms with van der Waals surface area (Å²) in [6, 6.07) is 0.976. The van der Waals surface area contributed by atoms with Crippen LogP contribution in [0, 0.1) is 0 Å². The summed E-state index contributed by atoms with van der Waals surface area (Å²) in [6.07, 6.45) is 14.0. The summed E-state index contributed by atoms with van der Waals surface area (Å²) in [5, 5.41) is -0.626. The predicted octanol–water partition coefficient (Wildman–Crippen LogP) is 4.27. The molecule has 0 spiro atoms. The summed E-state index contributed by atoms with van der Waals surface area (Å²) in [7, 11) is 0. The van der Waals surface area contributed by atoms with Gasteiger partial charge in [0.1, 0.15) is 0 Å². The zero-order valence-corrected chi connectivity index (χ0v) is 17.6. The molecular weight excluding hydrogens is 370 g/mol. The minimum Gasteiger partial charge on any atom is -0.370 e. The summed E-state index contributed by atoms with van der Waals surface area (Å²) in [5.41, 5.74) is 9.10. The van der Waals surface area contributed by atoms with E-state index >= 15 is 0 Å². The Labute approximate surface area is 168 Å². The fourth-order valence-electron chi connectivity index (χ4n) is 3.58. The predicted molar refractivity (Wildman–Crippen MR) is 113 cm³/mol. The van der Waals surface area contributed by atoms with Crippen LogP contribution in [0.5, 0.6) is 0 Å². The van der Waals surface area contributed by atoms with Gasteiger partial charge in [-0.25, -0.2) is 0 Å². The fourth-order valence-corrected chi connectivity index (χ4v) is 3.90. The Hall–Kier alpha value is -0.890. The molecule has 2 aliphatic rings. The van der Waals surface area contributed by atoms with E-state index in [1.807, 2.05) is 6.92 Å². The molecule has 2 rings (SSSR count). The second kappa shape index (κ2) is 15.2. The van der Waals surface area contributed by atoms with Gasteiger partial charge in [0.25, 0.3) is 10.5 Å². The third-order valence-electron chi connectivity index (χ3n) is 4.65. The van der Waals surface area contributed by atoms with Gasteiger partial charge in [-0.15, -0.1) is 0 Å². The molecule has 0 heterocycles. The Balaban J connectivity index is 0.000000522. The average molecular weight is 406 g/mol. The smallest absolute Gasteiger partial charge is 0.279 e. The Kier molecular flexibility index (Phi) is 14.7. The summed E-state index contributed by atoms with van der Waals surface area (Å²) in [6.45, 7) is 1.92. The van der Waals surface area contributed by atoms with Crippen LogP contribution in [0.25, 0.3) is 0 Å². The van der Waals surface area contributed by atoms with Crippen molar-refractivity contribution in [3.63, 3.8) is 0 Å². The van der Waals surface area contributed by atoms with Crippen molar-refractivity contribution in [2.45, 2.75) is 96.1 Å². The Bertz CT molecular complexity index is 402. The first-order valence-electron chi connectivity index (χ1n) is 9.57. The van der Waals surface area contributed by atoms with Crippen LogP contribution >= 0.6 is 25.3 Å². The number of thiol groups is 2. The van der Waals surface area contributed by atoms with Crippen LogP contribution in [0.3, 0.4) is 0 Å². The highest BCUT2D eigenvalue weighted by Gasteiger charge is 2.30. The van der Waals surface area contributed by atoms with Crippen molar-refractivity contribution in [2.24, 2.45) is 11.5 Å². The van der Waals surface area contributed by atoms with Crippen molar-refractivity contribution in [2.75, 3.05) is 0 Å². The molecule has 0 radical (unpaired) electrons. The molecule has 26 heavy (non-hydrogen) atoms. The van der Waals surface area contributed by atoms with E-state index in [9.17, 15) is 9.59 Å². The SMILES string of the molecule is CCCC(N)=O.NC(=O)S.O=C(S)N(C1CCCCC1)C1CCCCC1. The van der Waals surface area contributed by atoms with Gasteiger partial charge in [0, 0.05) is 18.5 Å². The standard InChI is InChI=1S/C13H23NOS.C4H9NO.CH3NOS/c15-13(16)14(11-7-3-1-4-8-11)12-9-5-2-6-10-12;1-2-3-4(5)6;2-1(3)4/h11-12H,1-10H2,(H,15,16);2-3H2,1H3,(H2,5,6);(H3,2,3,4). The monoisotopic (exact) mass is 405 g/mol. The molecule has 152 valence electrons. The van der Waals surface area contributed by atoms with Gasteiger partial charge in [0.15, 0.2) is 0 Å². The molecule has 4 N–H and O–H groups in total. The Morgan fingerprint density at radius 1 is 0.846 bits per heavy atom. The van der Waals surface area contributed by atoms with Crippen LogP contribution in [0.2, 0.25) is 0 Å². The minimum atomic E-state index is -0.639. The van der Waals surface area contributed by atoms with Gasteiger partial charge in [-0.05, 0) is 32.1 Å². The molecule has 0 aliphatic heterocycles. The van der Waals surface area contributed by atoms with Crippen LogP contribution in [0.15, 0.2) is 0 Å². The van der Waals surface area contributed by atoms with E-state index in [2.05, 4.69) is 35.9 Å². The van der Waals surface area contributed by atoms with Crippen LogP contribution in [0.1, 0.15) is 84.0 Å². The van der Waals surface area contributed by atoms with Crippen molar-refractivity contribution in [3.8, 4) is 0 Å². The summed E-state index contributed by atoms with van der Waals surface area (Å²) in [4.78, 5) is 32.8. The topological polar surface area (TPSA) is 106 Å². The molecule has 0 saturated heterocycles. The normalized spacial score (nSPS) is 17.8. The van der Waals surface area contributed by atoms with E-state index in [-0.39, 0.29) is 11.1 Å². The molecule has 0 unspecified atom stereocenters. The van der Waals surface area contributed by atoms with Crippen LogP contribution in [-0.4, -0.2) is 33.4 Å². The lowest BCUT2D eigenvalue weighted by atomic mass is 9.89. The number of rotatable bonds is 4. The molecule has 6 nitrogen and oxygen atoms in total. The zero-order chi connectivity index (χ0) is 19.9. The van der Waals surface area contributed by atoms with E-state index in [1.54, 1.807) is 0 Å². The van der Waals surface area contributed by atoms with E-state index < -0.39 is 5.24 Å². The lowest BCUT2D eigenvalue weighted by Gasteiger charge is -2.40. The van der Waals surface area contributed by atoms with Gasteiger partial charge in [-0.2, -0.15) is 0 Å². The quantitative estimate of drug-likeness (QED) is 0.525. The molecule has 0 aromatic heterocycles. The molecule has 0 aromatic carbocycles. The van der Waals surface area contributed by atoms with Crippen molar-refractivity contribution >= 4 is 41.6 Å². The number of nitrogens with two attached hydrogens (primary N) is 2. The molecule has 8 heteroatoms. The number of hydrogen-bond donors (Lipinski definition) is 4. The second-order valence-corrected chi connectivity index (χ2v) is 7.65. The first kappa shape index (κ1) is 25.1. The third-order valence-corrected chi connectivity index (χ3v) is 4.88. The van der Waals surface area contributed by atoms with Gasteiger partial charge in [0.05, 0.1) is 0 Å². The summed E-state index contributed by atoms with van der Waals surface area (Å²) < 4.78 is 0. The fraction of sp³-hybridized carbons (Fsp3) is 0.833. The molecule has 2 aliphatic carbocycles. The number of primary amides is 2. The number of hydrogen-bond acceptors (Lipinski definition) is 3. The highest BCUT2D eigenvalue weighted by molar-refractivity contribution is 7.96. The lowest BCUT2D eigenvalue weighted by molar-refractivity contribution is -0.118. The van der Waals surface area contributed by atoms with Gasteiger partial charge in [-0.3, -0.25) is 14.4 Å². The first-order valence-corrected chi connectivity index (χ1v) is 10.5. The number of carbonyl (C=O) groups is 3. The van der Waals surface area contributed by atoms with Gasteiger partial charge >= 0.3 is 0 Å². The number of nitrogens with zero attached hydrogens (tertiary/aromatic N) is 1. The highest BCUT2D eigenvalue weighted by atomic mass is 32.1. The molecule has 2 saturated carbocycles. The van der Waals surface area contributed by atoms with Crippen molar-refractivity contribution in [1.82, 2.24) is 4.90 Å². The van der Waals surface area contributed by atoms with Crippen LogP contribution in [0.4, 0.5) is 9.59 Å². The second-order valence-electron chi connectivity index (χ2n) is 6.83. The molecule has 2 fully saturated rings. The van der Waals surface area contributed by atoms with E-state index in [0.29, 0.717) is 18.5 Å². The minimum absolute atomic E-state index is 0.0128. The van der Waals surface area contributed by atoms with Crippen LogP contribution < -0.4 is 11.5 Å². The lowest BCUT2D eigenvalue weighted by Crippen LogP contribution is -2.46. The largest absolute Gasteiger partial charge is 0.370 e. The van der Waals surface area contributed by atoms with E-state index in [4.69, 9.17) is 10.5 Å². The maximum atomic E-state index is 11.7. The first-order chi connectivity index (χ1) is 12.3. The van der Waals surface area contributed by atoms with E-state index in [0.717, 1.165) is 6.42 Å². The number of amides is 3. The van der Waals surface area contributed by atoms with Crippen LogP contribution in [-0.2, 0) is 4.79 Å². The van der Waals surface area contributed by atoms with Crippen molar-refractivity contribution in [3.05, 3.63) is 0 Å². The maximum Gasteiger partial charge on any atom is 0.279 e. The van der Waals surface area contributed by atoms with E-state index in [1.165, 1.54) is 64.2 Å². The highest BCUT2D eigenvalue weighted by Crippen LogP contribution is 2.30. The Morgan fingerprint density at radius 3 is 1.38 bits per heavy atom. The third kappa shape index (κ3) is 12.5. The Morgan fingerprint density at radius 2 is 1.19 bits per heavy atom. The molecule has 0 atom stereocenters. The number of carbonyl (C=O) groups excluding carboxylic acids is 3. The van der Waals surface area contributed by atoms with Gasteiger partial charge < -0.3 is 16.4 Å². The molecule has 0 bridgehead atoms. The van der Waals surface area contributed by atoms with Crippen molar-refractivity contribution in [1.29, 1.82) is 0 Å². The summed E-state index contributed by atoms with van der Waals surface area (Å²) >= 11 is 7.21. The molecule has 0 aromatic rings. The summed E-state index contributed by atoms with van der Waals surface area (Å²) in [5.74, 6) is -0.211. The average Bonchev–Trinajstić information content (AvgIpc) is 2.56. The molecular formula is C18H35N3O3S2.